The molecule has 0 aromatic carbocycles. The molecule has 3 N–H and O–H groups in total. The maximum atomic E-state index is 11.6. The minimum absolute atomic E-state index is 0.0465. The molecule has 0 radical (unpaired) electrons. The third kappa shape index (κ3) is 5.85. The number of carbonyl (C=O) groups excluding carboxylic acids is 1. The molecule has 6 heteroatoms. The van der Waals surface area contributed by atoms with Crippen molar-refractivity contribution >= 4 is 12.0 Å². The number of hydrogen-bond donors (Lipinski definition) is 3. The van der Waals surface area contributed by atoms with Crippen molar-refractivity contribution in [2.75, 3.05) is 0 Å². The van der Waals surface area contributed by atoms with E-state index in [1.807, 2.05) is 13.0 Å². The Bertz CT molecular complexity index is 449. The quantitative estimate of drug-likeness (QED) is 0.726. The van der Waals surface area contributed by atoms with Crippen LogP contribution < -0.4 is 10.6 Å². The second-order valence-corrected chi connectivity index (χ2v) is 4.46. The van der Waals surface area contributed by atoms with E-state index in [2.05, 4.69) is 15.6 Å². The fraction of sp³-hybridized carbons (Fsp3) is 0.462. The van der Waals surface area contributed by atoms with Crippen LogP contribution in [0.1, 0.15) is 30.9 Å². The first kappa shape index (κ1) is 14.9. The number of aliphatic carboxylic acids is 1. The van der Waals surface area contributed by atoms with Gasteiger partial charge in [0.25, 0.3) is 0 Å². The first-order valence-electron chi connectivity index (χ1n) is 6.14. The Morgan fingerprint density at radius 1 is 1.47 bits per heavy atom. The van der Waals surface area contributed by atoms with Crippen LogP contribution in [-0.4, -0.2) is 28.1 Å². The second-order valence-electron chi connectivity index (χ2n) is 4.46. The summed E-state index contributed by atoms with van der Waals surface area (Å²) < 4.78 is 0. The van der Waals surface area contributed by atoms with Crippen LogP contribution in [0.3, 0.4) is 0 Å². The molecule has 1 heterocycles. The summed E-state index contributed by atoms with van der Waals surface area (Å²) in [7, 11) is 0. The summed E-state index contributed by atoms with van der Waals surface area (Å²) in [6, 6.07) is 1.38. The highest BCUT2D eigenvalue weighted by molar-refractivity contribution is 5.74. The van der Waals surface area contributed by atoms with Crippen LogP contribution in [0.4, 0.5) is 4.79 Å². The molecule has 1 aromatic rings. The van der Waals surface area contributed by atoms with E-state index >= 15 is 0 Å². The SMILES string of the molecule is Cc1cnccc1CNC(=O)NC(C)CCC(=O)O. The molecule has 0 aliphatic rings. The number of rotatable bonds is 6. The van der Waals surface area contributed by atoms with E-state index in [1.165, 1.54) is 0 Å². The number of nitrogens with one attached hydrogen (secondary N) is 2. The van der Waals surface area contributed by atoms with Crippen LogP contribution in [0, 0.1) is 6.92 Å². The highest BCUT2D eigenvalue weighted by atomic mass is 16.4. The zero-order valence-corrected chi connectivity index (χ0v) is 11.1. The zero-order chi connectivity index (χ0) is 14.3. The van der Waals surface area contributed by atoms with Crippen molar-refractivity contribution in [3.63, 3.8) is 0 Å². The maximum absolute atomic E-state index is 11.6. The standard InChI is InChI=1S/C13H19N3O3/c1-9-7-14-6-5-11(9)8-15-13(19)16-10(2)3-4-12(17)18/h5-7,10H,3-4,8H2,1-2H3,(H,17,18)(H2,15,16,19). The van der Waals surface area contributed by atoms with Gasteiger partial charge in [-0.15, -0.1) is 0 Å². The predicted molar refractivity (Wildman–Crippen MR) is 70.7 cm³/mol. The van der Waals surface area contributed by atoms with Gasteiger partial charge in [0.05, 0.1) is 0 Å². The summed E-state index contributed by atoms with van der Waals surface area (Å²) in [5.74, 6) is -0.860. The van der Waals surface area contributed by atoms with Gasteiger partial charge < -0.3 is 15.7 Å². The van der Waals surface area contributed by atoms with Gasteiger partial charge in [0.1, 0.15) is 0 Å². The van der Waals surface area contributed by atoms with Crippen LogP contribution in [0.25, 0.3) is 0 Å². The number of carbonyl (C=O) groups is 2. The van der Waals surface area contributed by atoms with E-state index in [1.54, 1.807) is 19.3 Å². The van der Waals surface area contributed by atoms with Crippen molar-refractivity contribution in [2.45, 2.75) is 39.3 Å². The summed E-state index contributed by atoms with van der Waals surface area (Å²) in [5.41, 5.74) is 2.02. The Kier molecular flexibility index (Phi) is 5.78. The number of pyridine rings is 1. The van der Waals surface area contributed by atoms with Gasteiger partial charge in [0.2, 0.25) is 0 Å². The summed E-state index contributed by atoms with van der Waals surface area (Å²) in [6.45, 7) is 4.13. The Hall–Kier alpha value is -2.11. The highest BCUT2D eigenvalue weighted by Crippen LogP contribution is 2.04. The number of aryl methyl sites for hydroxylation is 1. The number of amides is 2. The molecule has 0 spiro atoms. The van der Waals surface area contributed by atoms with Crippen LogP contribution in [-0.2, 0) is 11.3 Å². The average Bonchev–Trinajstić information content (AvgIpc) is 2.35. The Morgan fingerprint density at radius 2 is 2.21 bits per heavy atom. The van der Waals surface area contributed by atoms with Crippen LogP contribution in [0.2, 0.25) is 0 Å². The molecule has 104 valence electrons. The highest BCUT2D eigenvalue weighted by Gasteiger charge is 2.09. The Labute approximate surface area is 112 Å². The number of hydrogen-bond acceptors (Lipinski definition) is 3. The second kappa shape index (κ2) is 7.35. The lowest BCUT2D eigenvalue weighted by molar-refractivity contribution is -0.137. The third-order valence-corrected chi connectivity index (χ3v) is 2.74. The fourth-order valence-electron chi connectivity index (χ4n) is 1.56. The number of carboxylic acids is 1. The molecular formula is C13H19N3O3. The molecule has 0 aliphatic heterocycles. The van der Waals surface area contributed by atoms with Gasteiger partial charge in [-0.25, -0.2) is 4.79 Å². The van der Waals surface area contributed by atoms with Crippen LogP contribution in [0.15, 0.2) is 18.5 Å². The Balaban J connectivity index is 2.32. The van der Waals surface area contributed by atoms with E-state index in [-0.39, 0.29) is 18.5 Å². The van der Waals surface area contributed by atoms with Gasteiger partial charge in [-0.2, -0.15) is 0 Å². The van der Waals surface area contributed by atoms with Crippen molar-refractivity contribution < 1.29 is 14.7 Å². The average molecular weight is 265 g/mol. The molecule has 2 amide bonds. The third-order valence-electron chi connectivity index (χ3n) is 2.74. The lowest BCUT2D eigenvalue weighted by Gasteiger charge is -2.14. The van der Waals surface area contributed by atoms with Gasteiger partial charge in [-0.05, 0) is 37.5 Å². The molecule has 0 aliphatic carbocycles. The van der Waals surface area contributed by atoms with E-state index in [9.17, 15) is 9.59 Å². The normalized spacial score (nSPS) is 11.7. The lowest BCUT2D eigenvalue weighted by Crippen LogP contribution is -2.40. The Morgan fingerprint density at radius 3 is 2.84 bits per heavy atom. The minimum Gasteiger partial charge on any atom is -0.481 e. The number of urea groups is 1. The summed E-state index contributed by atoms with van der Waals surface area (Å²) in [5, 5.41) is 14.0. The van der Waals surface area contributed by atoms with Crippen LogP contribution >= 0.6 is 0 Å². The number of aromatic nitrogens is 1. The largest absolute Gasteiger partial charge is 0.481 e. The maximum Gasteiger partial charge on any atom is 0.315 e. The molecule has 1 aromatic heterocycles. The summed E-state index contributed by atoms with van der Waals surface area (Å²) in [6.07, 6.45) is 3.88. The smallest absolute Gasteiger partial charge is 0.315 e. The molecular weight excluding hydrogens is 246 g/mol. The zero-order valence-electron chi connectivity index (χ0n) is 11.1. The monoisotopic (exact) mass is 265 g/mol. The van der Waals surface area contributed by atoms with Gasteiger partial charge in [-0.1, -0.05) is 0 Å². The van der Waals surface area contributed by atoms with Crippen molar-refractivity contribution in [1.29, 1.82) is 0 Å². The van der Waals surface area contributed by atoms with E-state index in [0.717, 1.165) is 11.1 Å². The van der Waals surface area contributed by atoms with E-state index in [4.69, 9.17) is 5.11 Å². The van der Waals surface area contributed by atoms with Gasteiger partial charge >= 0.3 is 12.0 Å². The van der Waals surface area contributed by atoms with Crippen LogP contribution in [0.5, 0.6) is 0 Å². The van der Waals surface area contributed by atoms with Crippen molar-refractivity contribution in [1.82, 2.24) is 15.6 Å². The molecule has 0 fully saturated rings. The van der Waals surface area contributed by atoms with Gasteiger partial charge in [-0.3, -0.25) is 9.78 Å². The molecule has 19 heavy (non-hydrogen) atoms. The van der Waals surface area contributed by atoms with Crippen molar-refractivity contribution in [3.05, 3.63) is 29.6 Å². The van der Waals surface area contributed by atoms with Crippen molar-refractivity contribution in [2.24, 2.45) is 0 Å². The fourth-order valence-corrected chi connectivity index (χ4v) is 1.56. The molecule has 1 atom stereocenters. The topological polar surface area (TPSA) is 91.3 Å². The molecule has 0 bridgehead atoms. The molecule has 1 unspecified atom stereocenters. The number of carboxylic acid groups (broad SMARTS) is 1. The summed E-state index contributed by atoms with van der Waals surface area (Å²) >= 11 is 0. The summed E-state index contributed by atoms with van der Waals surface area (Å²) in [4.78, 5) is 26.0. The molecule has 1 rings (SSSR count). The van der Waals surface area contributed by atoms with E-state index < -0.39 is 5.97 Å². The number of nitrogens with zero attached hydrogens (tertiary/aromatic N) is 1. The van der Waals surface area contributed by atoms with Gasteiger partial charge in [0.15, 0.2) is 0 Å². The molecule has 0 saturated carbocycles. The predicted octanol–water partition coefficient (Wildman–Crippen LogP) is 1.44. The van der Waals surface area contributed by atoms with Crippen molar-refractivity contribution in [3.8, 4) is 0 Å². The molecule has 6 nitrogen and oxygen atoms in total. The van der Waals surface area contributed by atoms with E-state index in [0.29, 0.717) is 13.0 Å². The first-order valence-corrected chi connectivity index (χ1v) is 6.14. The first-order chi connectivity index (χ1) is 8.99. The van der Waals surface area contributed by atoms with Gasteiger partial charge in [0, 0.05) is 31.4 Å². The minimum atomic E-state index is -0.860. The lowest BCUT2D eigenvalue weighted by atomic mass is 10.1. The molecule has 0 saturated heterocycles.